The van der Waals surface area contributed by atoms with E-state index >= 15 is 0 Å². The number of hydrogen-bond donors (Lipinski definition) is 1. The van der Waals surface area contributed by atoms with Gasteiger partial charge in [0.2, 0.25) is 0 Å². The summed E-state index contributed by atoms with van der Waals surface area (Å²) in [5.74, 6) is -0.192. The van der Waals surface area contributed by atoms with Gasteiger partial charge in [-0.3, -0.25) is 4.79 Å². The number of aliphatic hydroxyl groups excluding tert-OH is 1. The van der Waals surface area contributed by atoms with Gasteiger partial charge in [-0.1, -0.05) is 53.7 Å². The Hall–Kier alpha value is -4.56. The van der Waals surface area contributed by atoms with Gasteiger partial charge in [-0.2, -0.15) is 0 Å². The molecule has 0 saturated heterocycles. The number of amides is 1. The molecule has 0 unspecified atom stereocenters. The fourth-order valence-electron chi connectivity index (χ4n) is 4.70. The molecule has 6 rings (SSSR count). The van der Waals surface area contributed by atoms with E-state index in [1.54, 1.807) is 28.8 Å². The van der Waals surface area contributed by atoms with E-state index in [4.69, 9.17) is 4.42 Å². The molecular weight excluding hydrogens is 444 g/mol. The molecule has 8 nitrogen and oxygen atoms in total. The largest absolute Gasteiger partial charge is 0.423 e. The first-order valence-electron chi connectivity index (χ1n) is 11.2. The molecule has 0 spiro atoms. The monoisotopic (exact) mass is 464 g/mol. The number of anilines is 1. The van der Waals surface area contributed by atoms with Crippen molar-refractivity contribution in [2.45, 2.75) is 6.54 Å². The minimum Gasteiger partial charge on any atom is -0.423 e. The summed E-state index contributed by atoms with van der Waals surface area (Å²) in [5.41, 5.74) is 5.05. The molecule has 8 heteroatoms. The van der Waals surface area contributed by atoms with E-state index in [2.05, 4.69) is 10.3 Å². The topological polar surface area (TPSA) is 101 Å². The highest BCUT2D eigenvalue weighted by molar-refractivity contribution is 6.15. The molecule has 2 aromatic heterocycles. The van der Waals surface area contributed by atoms with Crippen molar-refractivity contribution in [3.8, 4) is 33.6 Å². The molecule has 0 saturated carbocycles. The molecule has 0 atom stereocenters. The summed E-state index contributed by atoms with van der Waals surface area (Å²) in [6, 6.07) is 21.9. The van der Waals surface area contributed by atoms with Crippen molar-refractivity contribution in [1.82, 2.24) is 15.0 Å². The maximum Gasteiger partial charge on any atom is 0.336 e. The van der Waals surface area contributed by atoms with Crippen LogP contribution in [0.2, 0.25) is 0 Å². The Kier molecular flexibility index (Phi) is 4.82. The zero-order chi connectivity index (χ0) is 24.1. The van der Waals surface area contributed by atoms with Gasteiger partial charge in [0.15, 0.2) is 0 Å². The third-order valence-corrected chi connectivity index (χ3v) is 6.33. The van der Waals surface area contributed by atoms with Crippen LogP contribution in [-0.2, 0) is 6.54 Å². The molecule has 1 aliphatic rings. The molecule has 5 aromatic rings. The number of aliphatic hydroxyl groups is 1. The molecule has 0 radical (unpaired) electrons. The third kappa shape index (κ3) is 3.26. The minimum absolute atomic E-state index is 0.133. The number of aromatic nitrogens is 3. The molecule has 1 amide bonds. The highest BCUT2D eigenvalue weighted by atomic mass is 16.4. The van der Waals surface area contributed by atoms with Crippen LogP contribution in [0.4, 0.5) is 5.69 Å². The SMILES string of the molecule is CN1C(=O)c2ccccc2-c2c(nnn2CCO)-c2cc3oc(=O)cc(-c4ccccc4)c3cc21. The number of nitrogens with zero attached hydrogens (tertiary/aromatic N) is 4. The average molecular weight is 464 g/mol. The van der Waals surface area contributed by atoms with Gasteiger partial charge in [0.25, 0.3) is 5.91 Å². The van der Waals surface area contributed by atoms with E-state index in [9.17, 15) is 14.7 Å². The van der Waals surface area contributed by atoms with Crippen molar-refractivity contribution in [1.29, 1.82) is 0 Å². The molecule has 3 heterocycles. The van der Waals surface area contributed by atoms with Gasteiger partial charge in [0.1, 0.15) is 11.3 Å². The molecule has 3 aromatic carbocycles. The Morgan fingerprint density at radius 3 is 2.40 bits per heavy atom. The molecule has 0 bridgehead atoms. The summed E-state index contributed by atoms with van der Waals surface area (Å²) in [6.45, 7) is 0.0859. The predicted octanol–water partition coefficient (Wildman–Crippen LogP) is 3.97. The highest BCUT2D eigenvalue weighted by Gasteiger charge is 2.30. The number of carbonyl (C=O) groups is 1. The van der Waals surface area contributed by atoms with Gasteiger partial charge in [0.05, 0.1) is 24.5 Å². The Morgan fingerprint density at radius 2 is 1.63 bits per heavy atom. The molecule has 1 N–H and O–H groups in total. The van der Waals surface area contributed by atoms with Crippen LogP contribution in [0.3, 0.4) is 0 Å². The van der Waals surface area contributed by atoms with Crippen LogP contribution < -0.4 is 10.5 Å². The number of hydrogen-bond acceptors (Lipinski definition) is 6. The summed E-state index contributed by atoms with van der Waals surface area (Å²) >= 11 is 0. The fraction of sp³-hybridized carbons (Fsp3) is 0.111. The van der Waals surface area contributed by atoms with E-state index in [0.717, 1.165) is 5.56 Å². The first kappa shape index (κ1) is 21.0. The summed E-state index contributed by atoms with van der Waals surface area (Å²) in [6.07, 6.45) is 0. The zero-order valence-electron chi connectivity index (χ0n) is 18.8. The molecule has 172 valence electrons. The summed E-state index contributed by atoms with van der Waals surface area (Å²) < 4.78 is 7.20. The average Bonchev–Trinajstić information content (AvgIpc) is 3.30. The third-order valence-electron chi connectivity index (χ3n) is 6.33. The van der Waals surface area contributed by atoms with Crippen LogP contribution in [0.5, 0.6) is 0 Å². The molecule has 35 heavy (non-hydrogen) atoms. The van der Waals surface area contributed by atoms with Crippen LogP contribution in [0.25, 0.3) is 44.6 Å². The minimum atomic E-state index is -0.471. The number of carbonyl (C=O) groups excluding carboxylic acids is 1. The molecule has 1 aliphatic heterocycles. The van der Waals surface area contributed by atoms with Crippen molar-refractivity contribution in [2.24, 2.45) is 0 Å². The smallest absolute Gasteiger partial charge is 0.336 e. The second kappa shape index (κ2) is 8.03. The maximum atomic E-state index is 13.7. The lowest BCUT2D eigenvalue weighted by molar-refractivity contribution is 0.0993. The normalized spacial score (nSPS) is 12.6. The van der Waals surface area contributed by atoms with Gasteiger partial charge in [-0.05, 0) is 29.3 Å². The van der Waals surface area contributed by atoms with Crippen LogP contribution in [-0.4, -0.2) is 39.7 Å². The van der Waals surface area contributed by atoms with Crippen LogP contribution >= 0.6 is 0 Å². The van der Waals surface area contributed by atoms with Crippen LogP contribution in [0.1, 0.15) is 10.4 Å². The summed E-state index contributed by atoms with van der Waals surface area (Å²) in [4.78, 5) is 27.7. The van der Waals surface area contributed by atoms with Gasteiger partial charge < -0.3 is 14.4 Å². The Labute approximate surface area is 199 Å². The van der Waals surface area contributed by atoms with Gasteiger partial charge in [-0.15, -0.1) is 5.10 Å². The molecule has 0 fully saturated rings. The Morgan fingerprint density at radius 1 is 0.886 bits per heavy atom. The fourth-order valence-corrected chi connectivity index (χ4v) is 4.70. The number of benzene rings is 3. The van der Waals surface area contributed by atoms with Crippen molar-refractivity contribution in [2.75, 3.05) is 18.6 Å². The van der Waals surface area contributed by atoms with Crippen molar-refractivity contribution in [3.05, 3.63) is 88.8 Å². The zero-order valence-corrected chi connectivity index (χ0v) is 18.8. The van der Waals surface area contributed by atoms with Crippen LogP contribution in [0, 0.1) is 0 Å². The Bertz CT molecular complexity index is 1670. The second-order valence-electron chi connectivity index (χ2n) is 8.35. The van der Waals surface area contributed by atoms with Gasteiger partial charge in [0, 0.05) is 35.2 Å². The molecule has 0 aliphatic carbocycles. The first-order chi connectivity index (χ1) is 17.1. The van der Waals surface area contributed by atoms with Crippen LogP contribution in [0.15, 0.2) is 82.0 Å². The van der Waals surface area contributed by atoms with E-state index in [1.165, 1.54) is 6.07 Å². The highest BCUT2D eigenvalue weighted by Crippen LogP contribution is 2.43. The van der Waals surface area contributed by atoms with Crippen molar-refractivity contribution < 1.29 is 14.3 Å². The lowest BCUT2D eigenvalue weighted by atomic mass is 9.93. The quantitative estimate of drug-likeness (QED) is 0.406. The second-order valence-corrected chi connectivity index (χ2v) is 8.35. The van der Waals surface area contributed by atoms with E-state index < -0.39 is 5.63 Å². The first-order valence-corrected chi connectivity index (χ1v) is 11.2. The lowest BCUT2D eigenvalue weighted by Gasteiger charge is -2.25. The Balaban J connectivity index is 1.72. The summed E-state index contributed by atoms with van der Waals surface area (Å²) in [5, 5.41) is 19.0. The predicted molar refractivity (Wildman–Crippen MR) is 132 cm³/mol. The van der Waals surface area contributed by atoms with E-state index in [1.807, 2.05) is 54.6 Å². The van der Waals surface area contributed by atoms with Gasteiger partial charge >= 0.3 is 5.63 Å². The van der Waals surface area contributed by atoms with Gasteiger partial charge in [-0.25, -0.2) is 9.48 Å². The van der Waals surface area contributed by atoms with Crippen molar-refractivity contribution >= 4 is 22.6 Å². The van der Waals surface area contributed by atoms with E-state index in [0.29, 0.717) is 50.3 Å². The van der Waals surface area contributed by atoms with Crippen molar-refractivity contribution in [3.63, 3.8) is 0 Å². The standard InChI is InChI=1S/C27H20N4O4/c1-30-22-13-20-19(16-7-3-2-4-8-16)15-24(33)35-23(20)14-21(22)25-26(31(11-12-32)29-28-25)17-9-5-6-10-18(17)27(30)34/h2-10,13-15,32H,11-12H2,1H3. The molecular formula is C27H20N4O4. The number of fused-ring (bicyclic) bond motifs is 6. The lowest BCUT2D eigenvalue weighted by Crippen LogP contribution is -2.28. The maximum absolute atomic E-state index is 13.7. The van der Waals surface area contributed by atoms with E-state index in [-0.39, 0.29) is 19.1 Å². The number of rotatable bonds is 3. The summed E-state index contributed by atoms with van der Waals surface area (Å²) in [7, 11) is 1.72.